The van der Waals surface area contributed by atoms with Crippen molar-refractivity contribution in [2.24, 2.45) is 0 Å². The van der Waals surface area contributed by atoms with Crippen molar-refractivity contribution in [2.45, 2.75) is 19.8 Å². The summed E-state index contributed by atoms with van der Waals surface area (Å²) in [6, 6.07) is 15.3. The summed E-state index contributed by atoms with van der Waals surface area (Å²) in [5, 5.41) is 13.2. The van der Waals surface area contributed by atoms with Crippen molar-refractivity contribution in [2.75, 3.05) is 0 Å². The second kappa shape index (κ2) is 6.23. The molecule has 0 atom stereocenters. The lowest BCUT2D eigenvalue weighted by Crippen LogP contribution is -1.89. The third kappa shape index (κ3) is 2.61. The van der Waals surface area contributed by atoms with Crippen molar-refractivity contribution in [1.29, 1.82) is 5.26 Å². The number of benzene rings is 1. The topological polar surface area (TPSA) is 62.7 Å². The highest BCUT2D eigenvalue weighted by Gasteiger charge is 2.19. The molecule has 0 radical (unpaired) electrons. The Morgan fingerprint density at radius 1 is 1.14 bits per heavy atom. The van der Waals surface area contributed by atoms with E-state index in [4.69, 9.17) is 9.78 Å². The number of aromatic nitrogens is 2. The first-order valence-corrected chi connectivity index (χ1v) is 7.24. The monoisotopic (exact) mass is 289 g/mol. The van der Waals surface area contributed by atoms with Gasteiger partial charge >= 0.3 is 0 Å². The van der Waals surface area contributed by atoms with Gasteiger partial charge in [0.25, 0.3) is 0 Å². The molecule has 2 aromatic heterocycles. The van der Waals surface area contributed by atoms with E-state index in [0.29, 0.717) is 5.56 Å². The normalized spacial score (nSPS) is 10.4. The summed E-state index contributed by atoms with van der Waals surface area (Å²) in [7, 11) is 0. The largest absolute Gasteiger partial charge is 0.360 e. The van der Waals surface area contributed by atoms with Gasteiger partial charge in [-0.15, -0.1) is 0 Å². The van der Waals surface area contributed by atoms with E-state index in [-0.39, 0.29) is 0 Å². The minimum absolute atomic E-state index is 0.636. The maximum absolute atomic E-state index is 8.94. The number of nitriles is 1. The van der Waals surface area contributed by atoms with Crippen LogP contribution in [0.3, 0.4) is 0 Å². The molecule has 3 rings (SSSR count). The molecule has 0 amide bonds. The Morgan fingerprint density at radius 2 is 1.95 bits per heavy atom. The Hall–Kier alpha value is -2.93. The van der Waals surface area contributed by atoms with Crippen LogP contribution in [-0.4, -0.2) is 10.1 Å². The van der Waals surface area contributed by atoms with Crippen LogP contribution in [-0.2, 0) is 6.42 Å². The fourth-order valence-electron chi connectivity index (χ4n) is 2.41. The van der Waals surface area contributed by atoms with Gasteiger partial charge in [0, 0.05) is 12.6 Å². The average molecular weight is 289 g/mol. The zero-order valence-corrected chi connectivity index (χ0v) is 12.3. The Kier molecular flexibility index (Phi) is 3.97. The molecule has 0 saturated carbocycles. The molecule has 0 saturated heterocycles. The van der Waals surface area contributed by atoms with Crippen molar-refractivity contribution >= 4 is 0 Å². The van der Waals surface area contributed by atoms with Crippen LogP contribution in [0.15, 0.2) is 53.2 Å². The van der Waals surface area contributed by atoms with Crippen molar-refractivity contribution in [3.05, 3.63) is 60.0 Å². The number of hydrogen-bond acceptors (Lipinski definition) is 4. The van der Waals surface area contributed by atoms with Gasteiger partial charge in [0.15, 0.2) is 0 Å². The molecule has 0 aliphatic heterocycles. The van der Waals surface area contributed by atoms with E-state index in [1.54, 1.807) is 18.3 Å². The first-order chi connectivity index (χ1) is 10.8. The summed E-state index contributed by atoms with van der Waals surface area (Å²) in [5.74, 6) is 0.855. The number of hydrogen-bond donors (Lipinski definition) is 0. The van der Waals surface area contributed by atoms with Crippen molar-refractivity contribution in [3.8, 4) is 28.6 Å². The van der Waals surface area contributed by atoms with Gasteiger partial charge in [-0.1, -0.05) is 30.3 Å². The molecule has 0 fully saturated rings. The van der Waals surface area contributed by atoms with Crippen LogP contribution in [0, 0.1) is 11.3 Å². The van der Waals surface area contributed by atoms with E-state index in [2.05, 4.69) is 23.1 Å². The summed E-state index contributed by atoms with van der Waals surface area (Å²) >= 11 is 0. The third-order valence-corrected chi connectivity index (χ3v) is 3.45. The van der Waals surface area contributed by atoms with E-state index in [0.717, 1.165) is 41.1 Å². The van der Waals surface area contributed by atoms with Crippen LogP contribution in [0.4, 0.5) is 0 Å². The van der Waals surface area contributed by atoms with Gasteiger partial charge in [0.05, 0.1) is 22.9 Å². The van der Waals surface area contributed by atoms with Crippen LogP contribution in [0.1, 0.15) is 24.7 Å². The molecule has 0 spiro atoms. The molecule has 4 nitrogen and oxygen atoms in total. The molecule has 0 aliphatic carbocycles. The Labute approximate surface area is 129 Å². The van der Waals surface area contributed by atoms with Gasteiger partial charge in [0.1, 0.15) is 11.5 Å². The SMILES string of the molecule is CCCc1onc(-c2ccccn2)c1-c1ccc(C#N)cc1. The zero-order chi connectivity index (χ0) is 15.4. The highest BCUT2D eigenvalue weighted by atomic mass is 16.5. The molecule has 22 heavy (non-hydrogen) atoms. The Balaban J connectivity index is 2.14. The Bertz CT molecular complexity index is 799. The Morgan fingerprint density at radius 3 is 2.59 bits per heavy atom. The first-order valence-electron chi connectivity index (χ1n) is 7.24. The van der Waals surface area contributed by atoms with Crippen molar-refractivity contribution < 1.29 is 4.52 Å². The highest BCUT2D eigenvalue weighted by molar-refractivity contribution is 5.80. The highest BCUT2D eigenvalue weighted by Crippen LogP contribution is 2.34. The lowest BCUT2D eigenvalue weighted by molar-refractivity contribution is 0.384. The standard InChI is InChI=1S/C18H15N3O/c1-2-5-16-17(14-9-7-13(12-19)8-10-14)18(21-22-16)15-6-3-4-11-20-15/h3-4,6-11H,2,5H2,1H3. The van der Waals surface area contributed by atoms with Crippen LogP contribution >= 0.6 is 0 Å². The molecular formula is C18H15N3O. The predicted octanol–water partition coefficient (Wildman–Crippen LogP) is 4.23. The van der Waals surface area contributed by atoms with Gasteiger partial charge in [0.2, 0.25) is 0 Å². The van der Waals surface area contributed by atoms with Gasteiger partial charge in [-0.25, -0.2) is 0 Å². The smallest absolute Gasteiger partial charge is 0.145 e. The van der Waals surface area contributed by atoms with E-state index in [1.165, 1.54) is 0 Å². The number of pyridine rings is 1. The van der Waals surface area contributed by atoms with E-state index >= 15 is 0 Å². The van der Waals surface area contributed by atoms with Crippen LogP contribution in [0.5, 0.6) is 0 Å². The second-order valence-corrected chi connectivity index (χ2v) is 4.98. The van der Waals surface area contributed by atoms with E-state index in [9.17, 15) is 0 Å². The molecule has 0 aliphatic rings. The predicted molar refractivity (Wildman–Crippen MR) is 83.9 cm³/mol. The molecule has 1 aromatic carbocycles. The van der Waals surface area contributed by atoms with Crippen LogP contribution in [0.25, 0.3) is 22.5 Å². The maximum Gasteiger partial charge on any atom is 0.145 e. The van der Waals surface area contributed by atoms with Crippen molar-refractivity contribution in [3.63, 3.8) is 0 Å². The molecule has 2 heterocycles. The summed E-state index contributed by atoms with van der Waals surface area (Å²) < 4.78 is 5.55. The van der Waals surface area contributed by atoms with Gasteiger partial charge < -0.3 is 4.52 Å². The molecule has 0 unspecified atom stereocenters. The van der Waals surface area contributed by atoms with Gasteiger partial charge in [-0.3, -0.25) is 4.98 Å². The quantitative estimate of drug-likeness (QED) is 0.721. The van der Waals surface area contributed by atoms with Crippen molar-refractivity contribution in [1.82, 2.24) is 10.1 Å². The average Bonchev–Trinajstić information content (AvgIpc) is 3.00. The number of nitrogens with zero attached hydrogens (tertiary/aromatic N) is 3. The number of aryl methyl sites for hydroxylation is 1. The van der Waals surface area contributed by atoms with Gasteiger partial charge in [-0.05, 0) is 36.2 Å². The lowest BCUT2D eigenvalue weighted by Gasteiger charge is -2.04. The summed E-state index contributed by atoms with van der Waals surface area (Å²) in [6.45, 7) is 2.10. The third-order valence-electron chi connectivity index (χ3n) is 3.45. The second-order valence-electron chi connectivity index (χ2n) is 4.98. The van der Waals surface area contributed by atoms with Crippen LogP contribution in [0.2, 0.25) is 0 Å². The fourth-order valence-corrected chi connectivity index (χ4v) is 2.41. The maximum atomic E-state index is 8.94. The van der Waals surface area contributed by atoms with Gasteiger partial charge in [-0.2, -0.15) is 5.26 Å². The number of rotatable bonds is 4. The summed E-state index contributed by atoms with van der Waals surface area (Å²) in [5.41, 5.74) is 4.12. The minimum Gasteiger partial charge on any atom is -0.360 e. The summed E-state index contributed by atoms with van der Waals surface area (Å²) in [4.78, 5) is 4.37. The molecule has 3 aromatic rings. The zero-order valence-electron chi connectivity index (χ0n) is 12.3. The lowest BCUT2D eigenvalue weighted by atomic mass is 9.99. The fraction of sp³-hybridized carbons (Fsp3) is 0.167. The minimum atomic E-state index is 0.636. The molecular weight excluding hydrogens is 274 g/mol. The summed E-state index contributed by atoms with van der Waals surface area (Å²) in [6.07, 6.45) is 3.53. The van der Waals surface area contributed by atoms with E-state index in [1.807, 2.05) is 30.3 Å². The van der Waals surface area contributed by atoms with Crippen LogP contribution < -0.4 is 0 Å². The van der Waals surface area contributed by atoms with E-state index < -0.39 is 0 Å². The molecule has 0 N–H and O–H groups in total. The first kappa shape index (κ1) is 14.0. The molecule has 0 bridgehead atoms. The molecule has 4 heteroatoms. The molecule has 108 valence electrons.